The number of benzene rings is 2. The number of nitrogens with two attached hydrogens (primary N) is 2. The fourth-order valence-corrected chi connectivity index (χ4v) is 1.72. The van der Waals surface area contributed by atoms with Crippen LogP contribution in [0.3, 0.4) is 0 Å². The van der Waals surface area contributed by atoms with Crippen LogP contribution in [-0.2, 0) is 6.42 Å². The number of rotatable bonds is 2. The van der Waals surface area contributed by atoms with Crippen molar-refractivity contribution in [3.8, 4) is 0 Å². The van der Waals surface area contributed by atoms with Crippen LogP contribution in [0.25, 0.3) is 10.8 Å². The molecular formula is C12H15ClN2. The molecule has 0 unspecified atom stereocenters. The molecule has 15 heavy (non-hydrogen) atoms. The second-order valence-corrected chi connectivity index (χ2v) is 3.51. The van der Waals surface area contributed by atoms with E-state index in [1.54, 1.807) is 0 Å². The van der Waals surface area contributed by atoms with Gasteiger partial charge >= 0.3 is 0 Å². The lowest BCUT2D eigenvalue weighted by Crippen LogP contribution is -2.32. The van der Waals surface area contributed by atoms with Crippen LogP contribution in [-0.4, -0.2) is 6.17 Å². The zero-order valence-corrected chi connectivity index (χ0v) is 9.21. The maximum atomic E-state index is 5.59. The monoisotopic (exact) mass is 222 g/mol. The molecule has 0 spiro atoms. The van der Waals surface area contributed by atoms with Gasteiger partial charge in [0.1, 0.15) is 0 Å². The Morgan fingerprint density at radius 3 is 2.33 bits per heavy atom. The smallest absolute Gasteiger partial charge is 0.0562 e. The van der Waals surface area contributed by atoms with Crippen molar-refractivity contribution in [2.24, 2.45) is 11.5 Å². The molecule has 2 aromatic carbocycles. The summed E-state index contributed by atoms with van der Waals surface area (Å²) in [7, 11) is 0. The van der Waals surface area contributed by atoms with E-state index in [-0.39, 0.29) is 18.6 Å². The van der Waals surface area contributed by atoms with Crippen LogP contribution < -0.4 is 11.5 Å². The second kappa shape index (κ2) is 5.12. The van der Waals surface area contributed by atoms with E-state index in [1.807, 2.05) is 18.2 Å². The van der Waals surface area contributed by atoms with Crippen LogP contribution in [0.15, 0.2) is 42.5 Å². The molecule has 0 aromatic heterocycles. The molecular weight excluding hydrogens is 208 g/mol. The summed E-state index contributed by atoms with van der Waals surface area (Å²) in [6, 6.07) is 14.5. The first-order valence-electron chi connectivity index (χ1n) is 4.75. The van der Waals surface area contributed by atoms with Crippen molar-refractivity contribution in [2.45, 2.75) is 12.6 Å². The average Bonchev–Trinajstić information content (AvgIpc) is 2.18. The molecule has 0 fully saturated rings. The van der Waals surface area contributed by atoms with E-state index >= 15 is 0 Å². The van der Waals surface area contributed by atoms with Gasteiger partial charge in [-0.3, -0.25) is 0 Å². The van der Waals surface area contributed by atoms with Gasteiger partial charge in [-0.15, -0.1) is 12.4 Å². The van der Waals surface area contributed by atoms with E-state index in [0.717, 1.165) is 6.42 Å². The highest BCUT2D eigenvalue weighted by Crippen LogP contribution is 2.18. The third-order valence-corrected chi connectivity index (χ3v) is 2.34. The molecule has 3 heteroatoms. The summed E-state index contributed by atoms with van der Waals surface area (Å²) < 4.78 is 0. The second-order valence-electron chi connectivity index (χ2n) is 3.51. The zero-order chi connectivity index (χ0) is 9.97. The Morgan fingerprint density at radius 2 is 1.60 bits per heavy atom. The lowest BCUT2D eigenvalue weighted by Gasteiger charge is -2.08. The predicted octanol–water partition coefficient (Wildman–Crippen LogP) is 2.05. The zero-order valence-electron chi connectivity index (χ0n) is 8.39. The van der Waals surface area contributed by atoms with Crippen LogP contribution in [0.5, 0.6) is 0 Å². The standard InChI is InChI=1S/C12H14N2.ClH/c13-12(14)8-10-6-3-5-9-4-1-2-7-11(9)10;/h1-7,12H,8,13-14H2;1H. The van der Waals surface area contributed by atoms with Gasteiger partial charge in [-0.1, -0.05) is 42.5 Å². The van der Waals surface area contributed by atoms with Crippen LogP contribution >= 0.6 is 12.4 Å². The SMILES string of the molecule is Cl.NC(N)Cc1cccc2ccccc12. The van der Waals surface area contributed by atoms with Crippen LogP contribution in [0.2, 0.25) is 0 Å². The molecule has 0 bridgehead atoms. The van der Waals surface area contributed by atoms with Crippen molar-refractivity contribution >= 4 is 23.2 Å². The average molecular weight is 223 g/mol. The molecule has 0 heterocycles. The van der Waals surface area contributed by atoms with Crippen molar-refractivity contribution in [3.05, 3.63) is 48.0 Å². The quantitative estimate of drug-likeness (QED) is 0.765. The highest BCUT2D eigenvalue weighted by Gasteiger charge is 2.02. The molecule has 0 atom stereocenters. The lowest BCUT2D eigenvalue weighted by atomic mass is 10.0. The Labute approximate surface area is 95.7 Å². The first kappa shape index (κ1) is 12.0. The van der Waals surface area contributed by atoms with Gasteiger partial charge in [-0.25, -0.2) is 0 Å². The summed E-state index contributed by atoms with van der Waals surface area (Å²) in [5.74, 6) is 0. The lowest BCUT2D eigenvalue weighted by molar-refractivity contribution is 0.706. The van der Waals surface area contributed by atoms with Gasteiger partial charge in [0.2, 0.25) is 0 Å². The first-order chi connectivity index (χ1) is 6.77. The molecule has 2 rings (SSSR count). The van der Waals surface area contributed by atoms with Crippen molar-refractivity contribution in [3.63, 3.8) is 0 Å². The van der Waals surface area contributed by atoms with Crippen molar-refractivity contribution < 1.29 is 0 Å². The molecule has 2 nitrogen and oxygen atoms in total. The van der Waals surface area contributed by atoms with Crippen LogP contribution in [0.4, 0.5) is 0 Å². The summed E-state index contributed by atoms with van der Waals surface area (Å²) in [6.45, 7) is 0. The third kappa shape index (κ3) is 2.69. The van der Waals surface area contributed by atoms with E-state index in [1.165, 1.54) is 16.3 Å². The Kier molecular flexibility index (Phi) is 4.09. The Hall–Kier alpha value is -1.09. The molecule has 4 N–H and O–H groups in total. The maximum Gasteiger partial charge on any atom is 0.0562 e. The van der Waals surface area contributed by atoms with Gasteiger partial charge in [0.15, 0.2) is 0 Å². The number of hydrogen-bond acceptors (Lipinski definition) is 2. The summed E-state index contributed by atoms with van der Waals surface area (Å²) >= 11 is 0. The van der Waals surface area contributed by atoms with Gasteiger partial charge in [0.05, 0.1) is 6.17 Å². The number of hydrogen-bond donors (Lipinski definition) is 2. The Bertz CT molecular complexity index is 435. The first-order valence-corrected chi connectivity index (χ1v) is 4.75. The minimum atomic E-state index is -0.277. The molecule has 0 aliphatic heterocycles. The van der Waals surface area contributed by atoms with Crippen LogP contribution in [0.1, 0.15) is 5.56 Å². The van der Waals surface area contributed by atoms with Gasteiger partial charge in [-0.05, 0) is 16.3 Å². The van der Waals surface area contributed by atoms with E-state index in [4.69, 9.17) is 11.5 Å². The van der Waals surface area contributed by atoms with E-state index in [0.29, 0.717) is 0 Å². The molecule has 2 aromatic rings. The van der Waals surface area contributed by atoms with E-state index in [2.05, 4.69) is 24.3 Å². The molecule has 0 amide bonds. The highest BCUT2D eigenvalue weighted by atomic mass is 35.5. The summed E-state index contributed by atoms with van der Waals surface area (Å²) in [5, 5.41) is 2.49. The minimum absolute atomic E-state index is 0. The van der Waals surface area contributed by atoms with Crippen molar-refractivity contribution in [2.75, 3.05) is 0 Å². The highest BCUT2D eigenvalue weighted by molar-refractivity contribution is 5.86. The number of halogens is 1. The molecule has 0 saturated carbocycles. The number of fused-ring (bicyclic) bond motifs is 1. The molecule has 0 aliphatic carbocycles. The normalized spacial score (nSPS) is 10.3. The Balaban J connectivity index is 0.00000112. The summed E-state index contributed by atoms with van der Waals surface area (Å²) in [6.07, 6.45) is 0.447. The van der Waals surface area contributed by atoms with Crippen molar-refractivity contribution in [1.82, 2.24) is 0 Å². The molecule has 0 radical (unpaired) electrons. The molecule has 0 aliphatic rings. The molecule has 0 saturated heterocycles. The van der Waals surface area contributed by atoms with Crippen molar-refractivity contribution in [1.29, 1.82) is 0 Å². The fourth-order valence-electron chi connectivity index (χ4n) is 1.72. The largest absolute Gasteiger partial charge is 0.316 e. The Morgan fingerprint density at radius 1 is 0.933 bits per heavy atom. The fraction of sp³-hybridized carbons (Fsp3) is 0.167. The van der Waals surface area contributed by atoms with Gasteiger partial charge in [-0.2, -0.15) is 0 Å². The predicted molar refractivity (Wildman–Crippen MR) is 67.1 cm³/mol. The summed E-state index contributed by atoms with van der Waals surface area (Å²) in [4.78, 5) is 0. The maximum absolute atomic E-state index is 5.59. The topological polar surface area (TPSA) is 52.0 Å². The van der Waals surface area contributed by atoms with Gasteiger partial charge in [0, 0.05) is 6.42 Å². The van der Waals surface area contributed by atoms with E-state index in [9.17, 15) is 0 Å². The molecule has 80 valence electrons. The van der Waals surface area contributed by atoms with E-state index < -0.39 is 0 Å². The third-order valence-electron chi connectivity index (χ3n) is 2.34. The minimum Gasteiger partial charge on any atom is -0.316 e. The van der Waals surface area contributed by atoms with Crippen LogP contribution in [0, 0.1) is 0 Å². The summed E-state index contributed by atoms with van der Waals surface area (Å²) in [5.41, 5.74) is 12.4. The van der Waals surface area contributed by atoms with Gasteiger partial charge < -0.3 is 11.5 Å². The van der Waals surface area contributed by atoms with Gasteiger partial charge in [0.25, 0.3) is 0 Å².